The molecule has 66 valence electrons. The Bertz CT molecular complexity index is 100. The van der Waals surface area contributed by atoms with Crippen LogP contribution in [0.4, 0.5) is 0 Å². The highest BCUT2D eigenvalue weighted by molar-refractivity contribution is 4.99. The predicted molar refractivity (Wildman–Crippen MR) is 48.8 cm³/mol. The third-order valence-corrected chi connectivity index (χ3v) is 2.66. The van der Waals surface area contributed by atoms with E-state index < -0.39 is 0 Å². The molecule has 2 saturated heterocycles. The zero-order chi connectivity index (χ0) is 8.16. The van der Waals surface area contributed by atoms with Gasteiger partial charge in [0.25, 0.3) is 0 Å². The van der Waals surface area contributed by atoms with Crippen LogP contribution >= 0.6 is 0 Å². The summed E-state index contributed by atoms with van der Waals surface area (Å²) >= 11 is 0. The van der Waals surface area contributed by atoms with Gasteiger partial charge in [0.05, 0.1) is 0 Å². The summed E-state index contributed by atoms with van der Waals surface area (Å²) in [6, 6.07) is 0. The molecular weight excluding hydrogens is 136 g/mol. The summed E-state index contributed by atoms with van der Waals surface area (Å²) in [4.78, 5) is 0. The molecule has 0 aliphatic carbocycles. The van der Waals surface area contributed by atoms with E-state index in [1.165, 1.54) is 38.9 Å². The third kappa shape index (κ3) is 1.94. The molecule has 2 fully saturated rings. The van der Waals surface area contributed by atoms with E-state index in [1.807, 2.05) is 13.8 Å². The molecule has 2 heterocycles. The zero-order valence-corrected chi connectivity index (χ0v) is 7.74. The van der Waals surface area contributed by atoms with Crippen LogP contribution < -0.4 is 10.6 Å². The fraction of sp³-hybridized carbons (Fsp3) is 1.00. The zero-order valence-electron chi connectivity index (χ0n) is 7.74. The summed E-state index contributed by atoms with van der Waals surface area (Å²) in [5.74, 6) is 0. The van der Waals surface area contributed by atoms with Crippen molar-refractivity contribution in [3.63, 3.8) is 0 Å². The van der Waals surface area contributed by atoms with E-state index in [4.69, 9.17) is 0 Å². The molecule has 2 aliphatic rings. The van der Waals surface area contributed by atoms with Crippen molar-refractivity contribution in [2.75, 3.05) is 19.6 Å². The monoisotopic (exact) mass is 156 g/mol. The highest BCUT2D eigenvalue weighted by Crippen LogP contribution is 2.27. The lowest BCUT2D eigenvalue weighted by Gasteiger charge is -2.46. The smallest absolute Gasteiger partial charge is 0.0217 e. The lowest BCUT2D eigenvalue weighted by Crippen LogP contribution is -2.61. The first-order valence-electron chi connectivity index (χ1n) is 4.87. The van der Waals surface area contributed by atoms with Gasteiger partial charge < -0.3 is 10.6 Å². The van der Waals surface area contributed by atoms with Gasteiger partial charge in [-0.3, -0.25) is 0 Å². The van der Waals surface area contributed by atoms with Crippen LogP contribution in [-0.2, 0) is 0 Å². The highest BCUT2D eigenvalue weighted by atomic mass is 15.1. The first kappa shape index (κ1) is 9.01. The lowest BCUT2D eigenvalue weighted by atomic mass is 9.80. The maximum absolute atomic E-state index is 3.52. The van der Waals surface area contributed by atoms with Gasteiger partial charge in [0.2, 0.25) is 0 Å². The van der Waals surface area contributed by atoms with Crippen molar-refractivity contribution < 1.29 is 0 Å². The Morgan fingerprint density at radius 1 is 0.909 bits per heavy atom. The molecule has 0 radical (unpaired) electrons. The largest absolute Gasteiger partial charge is 0.317 e. The van der Waals surface area contributed by atoms with Gasteiger partial charge in [-0.2, -0.15) is 0 Å². The summed E-state index contributed by atoms with van der Waals surface area (Å²) in [6.45, 7) is 7.68. The molecule has 11 heavy (non-hydrogen) atoms. The van der Waals surface area contributed by atoms with E-state index in [0.717, 1.165) is 0 Å². The summed E-state index contributed by atoms with van der Waals surface area (Å²) in [5, 5.41) is 6.89. The average Bonchev–Trinajstić information content (AvgIpc) is 2.07. The van der Waals surface area contributed by atoms with Crippen molar-refractivity contribution >= 4 is 0 Å². The van der Waals surface area contributed by atoms with E-state index in [1.54, 1.807) is 0 Å². The number of hydrogen-bond acceptors (Lipinski definition) is 2. The number of hydrogen-bond donors (Lipinski definition) is 2. The minimum Gasteiger partial charge on any atom is -0.317 e. The van der Waals surface area contributed by atoms with Gasteiger partial charge in [0, 0.05) is 5.54 Å². The van der Waals surface area contributed by atoms with Crippen LogP contribution in [0.1, 0.15) is 33.1 Å². The van der Waals surface area contributed by atoms with Crippen molar-refractivity contribution in [2.24, 2.45) is 0 Å². The Hall–Kier alpha value is -0.0800. The number of nitrogens with one attached hydrogen (secondary N) is 2. The molecule has 2 N–H and O–H groups in total. The molecule has 0 amide bonds. The first-order valence-corrected chi connectivity index (χ1v) is 4.87. The molecule has 1 spiro atoms. The molecule has 0 atom stereocenters. The molecule has 0 unspecified atom stereocenters. The Labute approximate surface area is 69.8 Å². The Kier molecular flexibility index (Phi) is 3.34. The molecule has 2 rings (SSSR count). The molecule has 2 aliphatic heterocycles. The van der Waals surface area contributed by atoms with Gasteiger partial charge in [-0.25, -0.2) is 0 Å². The lowest BCUT2D eigenvalue weighted by molar-refractivity contribution is 0.153. The van der Waals surface area contributed by atoms with Gasteiger partial charge in [-0.15, -0.1) is 0 Å². The van der Waals surface area contributed by atoms with E-state index in [-0.39, 0.29) is 0 Å². The second-order valence-electron chi connectivity index (χ2n) is 3.21. The van der Waals surface area contributed by atoms with Gasteiger partial charge in [0.1, 0.15) is 0 Å². The van der Waals surface area contributed by atoms with Crippen LogP contribution in [0, 0.1) is 0 Å². The van der Waals surface area contributed by atoms with Gasteiger partial charge >= 0.3 is 0 Å². The normalized spacial score (nSPS) is 26.7. The van der Waals surface area contributed by atoms with Gasteiger partial charge in [-0.1, -0.05) is 13.8 Å². The second kappa shape index (κ2) is 4.07. The van der Waals surface area contributed by atoms with Crippen LogP contribution in [0.15, 0.2) is 0 Å². The molecular formula is C9H20N2. The van der Waals surface area contributed by atoms with E-state index in [9.17, 15) is 0 Å². The summed E-state index contributed by atoms with van der Waals surface area (Å²) in [7, 11) is 0. The standard InChI is InChI=1S/C7H14N2.C2H6/c1-4-8-5-2-7(1)3-6-9-7;1-2/h8-9H,1-6H2;1-2H3. The molecule has 0 bridgehead atoms. The minimum absolute atomic E-state index is 0.589. The van der Waals surface area contributed by atoms with Gasteiger partial charge in [0.15, 0.2) is 0 Å². The summed E-state index contributed by atoms with van der Waals surface area (Å²) in [5.41, 5.74) is 0.589. The van der Waals surface area contributed by atoms with Crippen molar-refractivity contribution in [3.8, 4) is 0 Å². The molecule has 2 heteroatoms. The molecule has 0 aromatic heterocycles. The van der Waals surface area contributed by atoms with Crippen LogP contribution in [-0.4, -0.2) is 25.2 Å². The number of piperidine rings is 1. The molecule has 0 saturated carbocycles. The second-order valence-corrected chi connectivity index (χ2v) is 3.21. The fourth-order valence-corrected chi connectivity index (χ4v) is 1.81. The molecule has 0 aromatic carbocycles. The minimum atomic E-state index is 0.589. The predicted octanol–water partition coefficient (Wildman–Crippen LogP) is 1.13. The van der Waals surface area contributed by atoms with Crippen LogP contribution in [0.2, 0.25) is 0 Å². The average molecular weight is 156 g/mol. The van der Waals surface area contributed by atoms with Crippen LogP contribution in [0.5, 0.6) is 0 Å². The third-order valence-electron chi connectivity index (χ3n) is 2.66. The van der Waals surface area contributed by atoms with Crippen molar-refractivity contribution in [3.05, 3.63) is 0 Å². The highest BCUT2D eigenvalue weighted by Gasteiger charge is 2.36. The Balaban J connectivity index is 0.000000281. The quantitative estimate of drug-likeness (QED) is 0.549. The SMILES string of the molecule is C1CC2(CCN1)CCN2.CC. The molecule has 0 aromatic rings. The fourth-order valence-electron chi connectivity index (χ4n) is 1.81. The van der Waals surface area contributed by atoms with E-state index in [0.29, 0.717) is 5.54 Å². The Morgan fingerprint density at radius 2 is 1.45 bits per heavy atom. The summed E-state index contributed by atoms with van der Waals surface area (Å²) < 4.78 is 0. The maximum atomic E-state index is 3.52. The first-order chi connectivity index (χ1) is 5.41. The van der Waals surface area contributed by atoms with Gasteiger partial charge in [-0.05, 0) is 38.9 Å². The van der Waals surface area contributed by atoms with Crippen LogP contribution in [0.3, 0.4) is 0 Å². The van der Waals surface area contributed by atoms with Crippen molar-refractivity contribution in [2.45, 2.75) is 38.6 Å². The summed E-state index contributed by atoms with van der Waals surface area (Å²) in [6.07, 6.45) is 4.09. The topological polar surface area (TPSA) is 24.1 Å². The van der Waals surface area contributed by atoms with Crippen molar-refractivity contribution in [1.29, 1.82) is 0 Å². The molecule has 2 nitrogen and oxygen atoms in total. The Morgan fingerprint density at radius 3 is 1.73 bits per heavy atom. The van der Waals surface area contributed by atoms with Crippen LogP contribution in [0.25, 0.3) is 0 Å². The number of rotatable bonds is 0. The maximum Gasteiger partial charge on any atom is 0.0217 e. The van der Waals surface area contributed by atoms with Crippen molar-refractivity contribution in [1.82, 2.24) is 10.6 Å². The van der Waals surface area contributed by atoms with E-state index in [2.05, 4.69) is 10.6 Å². The van der Waals surface area contributed by atoms with E-state index >= 15 is 0 Å².